The molecule has 0 aromatic heterocycles. The second kappa shape index (κ2) is 6.00. The molecule has 1 rings (SSSR count). The Morgan fingerprint density at radius 2 is 1.94 bits per heavy atom. The van der Waals surface area contributed by atoms with E-state index < -0.39 is 17.5 Å². The molecule has 18 heavy (non-hydrogen) atoms. The zero-order valence-electron chi connectivity index (χ0n) is 10.5. The minimum absolute atomic E-state index is 0.0221. The molecule has 0 atom stereocenters. The fraction of sp³-hybridized carbons (Fsp3) is 0.417. The van der Waals surface area contributed by atoms with Gasteiger partial charge in [-0.05, 0) is 6.42 Å². The summed E-state index contributed by atoms with van der Waals surface area (Å²) in [4.78, 5) is 11.8. The molecule has 6 heteroatoms. The number of hydrogen-bond donors (Lipinski definition) is 2. The first-order valence-corrected chi connectivity index (χ1v) is 5.40. The van der Waals surface area contributed by atoms with E-state index in [0.717, 1.165) is 6.07 Å². The van der Waals surface area contributed by atoms with Crippen LogP contribution in [0, 0.1) is 0 Å². The van der Waals surface area contributed by atoms with E-state index in [0.29, 0.717) is 6.42 Å². The lowest BCUT2D eigenvalue weighted by molar-refractivity contribution is 0.0496. The number of carbonyl (C=O) groups excluding carboxylic acids is 1. The highest BCUT2D eigenvalue weighted by Gasteiger charge is 2.25. The molecule has 0 saturated heterocycles. The summed E-state index contributed by atoms with van der Waals surface area (Å²) < 4.78 is 14.9. The first-order chi connectivity index (χ1) is 8.56. The summed E-state index contributed by atoms with van der Waals surface area (Å²) in [6.07, 6.45) is 0.644. The standard InChI is InChI=1S/C12H16O6/c1-4-5-18-12(15)9-10(14)7(13)6-8(16-2)11(9)17-3/h6,13-14H,4-5H2,1-3H3. The topological polar surface area (TPSA) is 85.2 Å². The third kappa shape index (κ3) is 2.58. The van der Waals surface area contributed by atoms with Gasteiger partial charge in [-0.25, -0.2) is 4.79 Å². The molecular weight excluding hydrogens is 240 g/mol. The minimum atomic E-state index is -0.777. The van der Waals surface area contributed by atoms with Gasteiger partial charge < -0.3 is 24.4 Å². The van der Waals surface area contributed by atoms with Crippen molar-refractivity contribution in [1.29, 1.82) is 0 Å². The number of rotatable bonds is 5. The summed E-state index contributed by atoms with van der Waals surface area (Å²) in [5.74, 6) is -1.68. The van der Waals surface area contributed by atoms with E-state index >= 15 is 0 Å². The number of aromatic hydroxyl groups is 2. The number of phenols is 2. The van der Waals surface area contributed by atoms with Crippen molar-refractivity contribution in [3.05, 3.63) is 11.6 Å². The Kier molecular flexibility index (Phi) is 4.65. The maximum atomic E-state index is 11.8. The van der Waals surface area contributed by atoms with Crippen LogP contribution in [-0.2, 0) is 4.74 Å². The minimum Gasteiger partial charge on any atom is -0.504 e. The fourth-order valence-electron chi connectivity index (χ4n) is 1.43. The Balaban J connectivity index is 3.30. The average molecular weight is 256 g/mol. The third-order valence-electron chi connectivity index (χ3n) is 2.26. The molecule has 0 spiro atoms. The molecule has 0 unspecified atom stereocenters. The second-order valence-corrected chi connectivity index (χ2v) is 3.49. The van der Waals surface area contributed by atoms with Crippen LogP contribution < -0.4 is 9.47 Å². The van der Waals surface area contributed by atoms with Crippen molar-refractivity contribution in [3.8, 4) is 23.0 Å². The van der Waals surface area contributed by atoms with E-state index in [2.05, 4.69) is 0 Å². The van der Waals surface area contributed by atoms with Gasteiger partial charge in [0.2, 0.25) is 0 Å². The van der Waals surface area contributed by atoms with E-state index in [1.54, 1.807) is 0 Å². The van der Waals surface area contributed by atoms with Crippen molar-refractivity contribution in [2.24, 2.45) is 0 Å². The largest absolute Gasteiger partial charge is 0.504 e. The monoisotopic (exact) mass is 256 g/mol. The molecule has 0 aliphatic heterocycles. The van der Waals surface area contributed by atoms with Crippen LogP contribution >= 0.6 is 0 Å². The molecule has 100 valence electrons. The van der Waals surface area contributed by atoms with Crippen LogP contribution in [-0.4, -0.2) is 37.0 Å². The number of methoxy groups -OCH3 is 2. The number of phenolic OH excluding ortho intramolecular Hbond substituents is 2. The highest BCUT2D eigenvalue weighted by Crippen LogP contribution is 2.43. The van der Waals surface area contributed by atoms with Gasteiger partial charge in [-0.15, -0.1) is 0 Å². The maximum absolute atomic E-state index is 11.8. The van der Waals surface area contributed by atoms with Gasteiger partial charge in [0.25, 0.3) is 0 Å². The van der Waals surface area contributed by atoms with E-state index in [1.165, 1.54) is 14.2 Å². The van der Waals surface area contributed by atoms with E-state index in [1.807, 2.05) is 6.92 Å². The van der Waals surface area contributed by atoms with Gasteiger partial charge in [0.15, 0.2) is 28.6 Å². The number of esters is 1. The zero-order chi connectivity index (χ0) is 13.7. The molecular formula is C12H16O6. The van der Waals surface area contributed by atoms with Crippen molar-refractivity contribution < 1.29 is 29.2 Å². The first kappa shape index (κ1) is 14.0. The lowest BCUT2D eigenvalue weighted by atomic mass is 10.1. The van der Waals surface area contributed by atoms with Crippen molar-refractivity contribution >= 4 is 5.97 Å². The summed E-state index contributed by atoms with van der Waals surface area (Å²) in [5, 5.41) is 19.2. The first-order valence-electron chi connectivity index (χ1n) is 5.40. The predicted octanol–water partition coefficient (Wildman–Crippen LogP) is 1.68. The number of benzene rings is 1. The quantitative estimate of drug-likeness (QED) is 0.616. The summed E-state index contributed by atoms with van der Waals surface area (Å²) in [5.41, 5.74) is -0.247. The average Bonchev–Trinajstić information content (AvgIpc) is 2.38. The molecule has 0 amide bonds. The van der Waals surface area contributed by atoms with E-state index in [4.69, 9.17) is 14.2 Å². The molecule has 0 aliphatic rings. The Bertz CT molecular complexity index is 441. The summed E-state index contributed by atoms with van der Waals surface area (Å²) in [6.45, 7) is 2.05. The van der Waals surface area contributed by atoms with E-state index in [-0.39, 0.29) is 23.7 Å². The van der Waals surface area contributed by atoms with Crippen LogP contribution in [0.3, 0.4) is 0 Å². The Morgan fingerprint density at radius 3 is 2.44 bits per heavy atom. The van der Waals surface area contributed by atoms with Crippen LogP contribution in [0.25, 0.3) is 0 Å². The van der Waals surface area contributed by atoms with Crippen LogP contribution in [0.15, 0.2) is 6.07 Å². The van der Waals surface area contributed by atoms with Gasteiger partial charge in [-0.1, -0.05) is 6.92 Å². The molecule has 0 fully saturated rings. The summed E-state index contributed by atoms with van der Waals surface area (Å²) in [7, 11) is 2.68. The molecule has 1 aromatic rings. The van der Waals surface area contributed by atoms with Crippen LogP contribution in [0.2, 0.25) is 0 Å². The number of hydrogen-bond acceptors (Lipinski definition) is 6. The number of carbonyl (C=O) groups is 1. The van der Waals surface area contributed by atoms with Gasteiger partial charge in [-0.3, -0.25) is 0 Å². The van der Waals surface area contributed by atoms with Gasteiger partial charge >= 0.3 is 5.97 Å². The third-order valence-corrected chi connectivity index (χ3v) is 2.26. The normalized spacial score (nSPS) is 9.94. The Morgan fingerprint density at radius 1 is 1.28 bits per heavy atom. The van der Waals surface area contributed by atoms with Gasteiger partial charge in [0, 0.05) is 6.07 Å². The van der Waals surface area contributed by atoms with Crippen LogP contribution in [0.4, 0.5) is 0 Å². The van der Waals surface area contributed by atoms with E-state index in [9.17, 15) is 15.0 Å². The molecule has 0 bridgehead atoms. The van der Waals surface area contributed by atoms with Gasteiger partial charge in [-0.2, -0.15) is 0 Å². The van der Waals surface area contributed by atoms with Crippen molar-refractivity contribution in [2.45, 2.75) is 13.3 Å². The lowest BCUT2D eigenvalue weighted by Crippen LogP contribution is -2.09. The Hall–Kier alpha value is -2.11. The molecule has 0 radical (unpaired) electrons. The van der Waals surface area contributed by atoms with Gasteiger partial charge in [0.05, 0.1) is 20.8 Å². The van der Waals surface area contributed by atoms with Crippen molar-refractivity contribution in [3.63, 3.8) is 0 Å². The van der Waals surface area contributed by atoms with Crippen molar-refractivity contribution in [1.82, 2.24) is 0 Å². The molecule has 0 heterocycles. The molecule has 0 aliphatic carbocycles. The molecule has 1 aromatic carbocycles. The molecule has 6 nitrogen and oxygen atoms in total. The molecule has 2 N–H and O–H groups in total. The Labute approximate surface area is 105 Å². The highest BCUT2D eigenvalue weighted by atomic mass is 16.5. The van der Waals surface area contributed by atoms with Gasteiger partial charge in [0.1, 0.15) is 0 Å². The smallest absolute Gasteiger partial charge is 0.346 e. The summed E-state index contributed by atoms with van der Waals surface area (Å²) in [6, 6.07) is 1.16. The second-order valence-electron chi connectivity index (χ2n) is 3.49. The van der Waals surface area contributed by atoms with Crippen LogP contribution in [0.5, 0.6) is 23.0 Å². The lowest BCUT2D eigenvalue weighted by Gasteiger charge is -2.14. The zero-order valence-corrected chi connectivity index (χ0v) is 10.5. The van der Waals surface area contributed by atoms with Crippen LogP contribution in [0.1, 0.15) is 23.7 Å². The predicted molar refractivity (Wildman–Crippen MR) is 63.4 cm³/mol. The summed E-state index contributed by atoms with van der Waals surface area (Å²) >= 11 is 0. The fourth-order valence-corrected chi connectivity index (χ4v) is 1.43. The highest BCUT2D eigenvalue weighted by molar-refractivity contribution is 5.97. The van der Waals surface area contributed by atoms with Crippen molar-refractivity contribution in [2.75, 3.05) is 20.8 Å². The molecule has 0 saturated carbocycles. The maximum Gasteiger partial charge on any atom is 0.346 e. The SMILES string of the molecule is CCCOC(=O)c1c(O)c(O)cc(OC)c1OC. The number of ether oxygens (including phenoxy) is 3.